The van der Waals surface area contributed by atoms with E-state index in [2.05, 4.69) is 5.32 Å². The van der Waals surface area contributed by atoms with Crippen LogP contribution in [0.1, 0.15) is 31.1 Å². The molecular weight excluding hydrogens is 366 g/mol. The van der Waals surface area contributed by atoms with E-state index in [1.807, 2.05) is 0 Å². The minimum Gasteiger partial charge on any atom is -0.454 e. The molecule has 9 heteroatoms. The molecular formula is C19H25N3O6. The van der Waals surface area contributed by atoms with E-state index in [4.69, 9.17) is 14.2 Å². The van der Waals surface area contributed by atoms with Crippen LogP contribution >= 0.6 is 0 Å². The number of carbonyl (C=O) groups is 3. The summed E-state index contributed by atoms with van der Waals surface area (Å²) in [7, 11) is 0. The summed E-state index contributed by atoms with van der Waals surface area (Å²) >= 11 is 0. The first-order chi connectivity index (χ1) is 13.2. The van der Waals surface area contributed by atoms with Crippen molar-refractivity contribution in [3.8, 4) is 11.5 Å². The molecule has 152 valence electrons. The fourth-order valence-electron chi connectivity index (χ4n) is 2.94. The molecule has 2 heterocycles. The van der Waals surface area contributed by atoms with Crippen LogP contribution in [-0.2, 0) is 9.53 Å². The molecule has 3 rings (SSSR count). The number of rotatable bonds is 3. The van der Waals surface area contributed by atoms with Gasteiger partial charge in [-0.1, -0.05) is 0 Å². The highest BCUT2D eigenvalue weighted by atomic mass is 16.7. The van der Waals surface area contributed by atoms with Crippen LogP contribution in [0.3, 0.4) is 0 Å². The molecule has 0 unspecified atom stereocenters. The van der Waals surface area contributed by atoms with Crippen molar-refractivity contribution in [2.24, 2.45) is 0 Å². The molecule has 2 aliphatic heterocycles. The maximum atomic E-state index is 12.7. The predicted octanol–water partition coefficient (Wildman–Crippen LogP) is 1.22. The zero-order chi connectivity index (χ0) is 20.3. The third-order valence-corrected chi connectivity index (χ3v) is 4.32. The van der Waals surface area contributed by atoms with E-state index in [0.717, 1.165) is 0 Å². The normalized spacial score (nSPS) is 16.0. The minimum absolute atomic E-state index is 0.114. The number of alkyl carbamates (subject to hydrolysis) is 1. The Morgan fingerprint density at radius 1 is 1.04 bits per heavy atom. The second-order valence-corrected chi connectivity index (χ2v) is 7.60. The zero-order valence-corrected chi connectivity index (χ0v) is 16.3. The first-order valence-electron chi connectivity index (χ1n) is 9.16. The third-order valence-electron chi connectivity index (χ3n) is 4.32. The number of hydrogen-bond donors (Lipinski definition) is 1. The molecule has 0 radical (unpaired) electrons. The average molecular weight is 391 g/mol. The molecule has 0 spiro atoms. The Morgan fingerprint density at radius 2 is 1.68 bits per heavy atom. The van der Waals surface area contributed by atoms with E-state index >= 15 is 0 Å². The minimum atomic E-state index is -0.627. The van der Waals surface area contributed by atoms with Crippen molar-refractivity contribution >= 4 is 17.9 Å². The Balaban J connectivity index is 1.47. The van der Waals surface area contributed by atoms with Gasteiger partial charge in [0.25, 0.3) is 5.91 Å². The first kappa shape index (κ1) is 19.8. The number of fused-ring (bicyclic) bond motifs is 1. The van der Waals surface area contributed by atoms with Crippen molar-refractivity contribution in [2.45, 2.75) is 26.4 Å². The Morgan fingerprint density at radius 3 is 2.36 bits per heavy atom. The molecule has 0 bridgehead atoms. The van der Waals surface area contributed by atoms with Gasteiger partial charge in [0, 0.05) is 31.7 Å². The molecule has 0 aromatic heterocycles. The van der Waals surface area contributed by atoms with Gasteiger partial charge in [-0.15, -0.1) is 0 Å². The zero-order valence-electron chi connectivity index (χ0n) is 16.3. The topological polar surface area (TPSA) is 97.4 Å². The molecule has 0 atom stereocenters. The van der Waals surface area contributed by atoms with Gasteiger partial charge in [0.2, 0.25) is 12.7 Å². The second-order valence-electron chi connectivity index (χ2n) is 7.60. The van der Waals surface area contributed by atoms with Crippen LogP contribution in [0.15, 0.2) is 18.2 Å². The molecule has 28 heavy (non-hydrogen) atoms. The van der Waals surface area contributed by atoms with Crippen LogP contribution in [0.25, 0.3) is 0 Å². The molecule has 1 N–H and O–H groups in total. The van der Waals surface area contributed by atoms with Crippen LogP contribution in [0, 0.1) is 0 Å². The molecule has 1 saturated heterocycles. The van der Waals surface area contributed by atoms with Crippen LogP contribution < -0.4 is 14.8 Å². The molecule has 3 amide bonds. The number of nitrogens with one attached hydrogen (secondary N) is 1. The van der Waals surface area contributed by atoms with Crippen molar-refractivity contribution in [1.29, 1.82) is 0 Å². The van der Waals surface area contributed by atoms with Gasteiger partial charge in [-0.2, -0.15) is 0 Å². The number of piperazine rings is 1. The van der Waals surface area contributed by atoms with E-state index in [-0.39, 0.29) is 25.2 Å². The Hall–Kier alpha value is -2.97. The standard InChI is InChI=1S/C19H25N3O6/c1-19(2,3)28-18(25)20-11-16(23)21-6-8-22(9-7-21)17(24)13-4-5-14-15(10-13)27-12-26-14/h4-5,10H,6-9,11-12H2,1-3H3,(H,20,25). The summed E-state index contributed by atoms with van der Waals surface area (Å²) in [6, 6.07) is 5.10. The van der Waals surface area contributed by atoms with Gasteiger partial charge in [-0.3, -0.25) is 9.59 Å². The lowest BCUT2D eigenvalue weighted by Crippen LogP contribution is -2.52. The predicted molar refractivity (Wildman–Crippen MR) is 99.3 cm³/mol. The van der Waals surface area contributed by atoms with Crippen LogP contribution in [0.4, 0.5) is 4.79 Å². The molecule has 1 aromatic carbocycles. The highest BCUT2D eigenvalue weighted by Gasteiger charge is 2.26. The number of benzene rings is 1. The van der Waals surface area contributed by atoms with Gasteiger partial charge in [-0.05, 0) is 39.0 Å². The van der Waals surface area contributed by atoms with Gasteiger partial charge in [0.15, 0.2) is 11.5 Å². The SMILES string of the molecule is CC(C)(C)OC(=O)NCC(=O)N1CCN(C(=O)c2ccc3c(c2)OCO3)CC1. The Labute approximate surface area is 163 Å². The summed E-state index contributed by atoms with van der Waals surface area (Å²) < 4.78 is 15.7. The number of hydrogen-bond acceptors (Lipinski definition) is 6. The van der Waals surface area contributed by atoms with E-state index in [0.29, 0.717) is 43.2 Å². The van der Waals surface area contributed by atoms with E-state index in [9.17, 15) is 14.4 Å². The maximum absolute atomic E-state index is 12.7. The number of nitrogens with zero attached hydrogens (tertiary/aromatic N) is 2. The molecule has 0 aliphatic carbocycles. The quantitative estimate of drug-likeness (QED) is 0.832. The first-order valence-corrected chi connectivity index (χ1v) is 9.16. The second kappa shape index (κ2) is 7.95. The summed E-state index contributed by atoms with van der Waals surface area (Å²) in [5.74, 6) is 0.871. The van der Waals surface area contributed by atoms with Crippen molar-refractivity contribution in [1.82, 2.24) is 15.1 Å². The summed E-state index contributed by atoms with van der Waals surface area (Å²) in [4.78, 5) is 39.9. The summed E-state index contributed by atoms with van der Waals surface area (Å²) in [5, 5.41) is 2.46. The maximum Gasteiger partial charge on any atom is 0.408 e. The lowest BCUT2D eigenvalue weighted by molar-refractivity contribution is -0.131. The Kier molecular flexibility index (Phi) is 5.62. The third kappa shape index (κ3) is 4.85. The highest BCUT2D eigenvalue weighted by Crippen LogP contribution is 2.32. The van der Waals surface area contributed by atoms with Gasteiger partial charge in [0.1, 0.15) is 12.1 Å². The van der Waals surface area contributed by atoms with Crippen LogP contribution in [-0.4, -0.2) is 72.8 Å². The van der Waals surface area contributed by atoms with E-state index in [1.54, 1.807) is 48.8 Å². The fourth-order valence-corrected chi connectivity index (χ4v) is 2.94. The molecule has 0 saturated carbocycles. The summed E-state index contributed by atoms with van der Waals surface area (Å²) in [6.45, 7) is 6.95. The molecule has 9 nitrogen and oxygen atoms in total. The smallest absolute Gasteiger partial charge is 0.408 e. The fraction of sp³-hybridized carbons (Fsp3) is 0.526. The van der Waals surface area contributed by atoms with Gasteiger partial charge in [-0.25, -0.2) is 4.79 Å². The van der Waals surface area contributed by atoms with Crippen molar-refractivity contribution in [2.75, 3.05) is 39.5 Å². The van der Waals surface area contributed by atoms with Crippen molar-refractivity contribution < 1.29 is 28.6 Å². The van der Waals surface area contributed by atoms with Crippen molar-refractivity contribution in [3.63, 3.8) is 0 Å². The van der Waals surface area contributed by atoms with E-state index in [1.165, 1.54) is 0 Å². The average Bonchev–Trinajstić information content (AvgIpc) is 3.12. The number of carbonyl (C=O) groups excluding carboxylic acids is 3. The number of ether oxygens (including phenoxy) is 3. The molecule has 2 aliphatic rings. The van der Waals surface area contributed by atoms with Gasteiger partial charge < -0.3 is 29.3 Å². The lowest BCUT2D eigenvalue weighted by atomic mass is 10.1. The lowest BCUT2D eigenvalue weighted by Gasteiger charge is -2.35. The largest absolute Gasteiger partial charge is 0.454 e. The summed E-state index contributed by atoms with van der Waals surface area (Å²) in [5.41, 5.74) is -0.0935. The van der Waals surface area contributed by atoms with E-state index < -0.39 is 11.7 Å². The molecule has 1 fully saturated rings. The summed E-state index contributed by atoms with van der Waals surface area (Å²) in [6.07, 6.45) is -0.627. The molecule has 1 aromatic rings. The van der Waals surface area contributed by atoms with Crippen molar-refractivity contribution in [3.05, 3.63) is 23.8 Å². The monoisotopic (exact) mass is 391 g/mol. The van der Waals surface area contributed by atoms with Gasteiger partial charge >= 0.3 is 6.09 Å². The number of amides is 3. The van der Waals surface area contributed by atoms with Crippen LogP contribution in [0.5, 0.6) is 11.5 Å². The highest BCUT2D eigenvalue weighted by molar-refractivity contribution is 5.95. The van der Waals surface area contributed by atoms with Gasteiger partial charge in [0.05, 0.1) is 0 Å². The van der Waals surface area contributed by atoms with Crippen LogP contribution in [0.2, 0.25) is 0 Å². The Bertz CT molecular complexity index is 765.